The Kier molecular flexibility index (Phi) is 5.11. The minimum absolute atomic E-state index is 0.178. The number of benzene rings is 1. The monoisotopic (exact) mass is 364 g/mol. The van der Waals surface area contributed by atoms with Crippen molar-refractivity contribution in [2.45, 2.75) is 58.8 Å². The molecular formula is C18H24N2O2S2. The van der Waals surface area contributed by atoms with E-state index in [4.69, 9.17) is 0 Å². The molecule has 0 saturated heterocycles. The molecule has 0 fully saturated rings. The Balaban J connectivity index is 2.62. The molecule has 1 aromatic carbocycles. The summed E-state index contributed by atoms with van der Waals surface area (Å²) in [4.78, 5) is 11.1. The average molecular weight is 365 g/mol. The second kappa shape index (κ2) is 6.48. The van der Waals surface area contributed by atoms with Crippen molar-refractivity contribution in [3.8, 4) is 16.3 Å². The third kappa shape index (κ3) is 4.16. The maximum atomic E-state index is 11.1. The highest BCUT2D eigenvalue weighted by Gasteiger charge is 2.27. The van der Waals surface area contributed by atoms with Crippen LogP contribution in [0.5, 0.6) is 5.75 Å². The van der Waals surface area contributed by atoms with Gasteiger partial charge in [-0.1, -0.05) is 52.9 Å². The van der Waals surface area contributed by atoms with Gasteiger partial charge in [0.15, 0.2) is 5.12 Å². The van der Waals surface area contributed by atoms with Crippen LogP contribution in [-0.2, 0) is 22.0 Å². The molecule has 130 valence electrons. The van der Waals surface area contributed by atoms with E-state index in [1.165, 1.54) is 11.3 Å². The minimum Gasteiger partial charge on any atom is -0.507 e. The largest absolute Gasteiger partial charge is 0.507 e. The number of hydrogen-bond donors (Lipinski definition) is 2. The van der Waals surface area contributed by atoms with E-state index >= 15 is 0 Å². The minimum atomic E-state index is -0.228. The molecule has 0 bridgehead atoms. The van der Waals surface area contributed by atoms with Crippen molar-refractivity contribution < 1.29 is 9.90 Å². The number of phenolic OH excluding ortho intramolecular Hbond substituents is 1. The van der Waals surface area contributed by atoms with Crippen LogP contribution in [0.1, 0.15) is 57.7 Å². The summed E-state index contributed by atoms with van der Waals surface area (Å²) in [6, 6.07) is 3.94. The van der Waals surface area contributed by atoms with E-state index in [0.29, 0.717) is 10.8 Å². The molecule has 1 heterocycles. The van der Waals surface area contributed by atoms with Gasteiger partial charge in [0, 0.05) is 16.7 Å². The van der Waals surface area contributed by atoms with Crippen molar-refractivity contribution in [2.24, 2.45) is 0 Å². The molecule has 4 nitrogen and oxygen atoms in total. The maximum Gasteiger partial charge on any atom is 0.192 e. The molecule has 0 amide bonds. The van der Waals surface area contributed by atoms with E-state index in [0.717, 1.165) is 21.7 Å². The zero-order valence-electron chi connectivity index (χ0n) is 15.0. The van der Waals surface area contributed by atoms with E-state index in [1.54, 1.807) is 0 Å². The molecule has 0 aliphatic carbocycles. The first-order valence-electron chi connectivity index (χ1n) is 7.82. The van der Waals surface area contributed by atoms with Crippen molar-refractivity contribution in [3.05, 3.63) is 28.3 Å². The summed E-state index contributed by atoms with van der Waals surface area (Å²) >= 11 is 5.18. The van der Waals surface area contributed by atoms with Gasteiger partial charge in [-0.15, -0.1) is 22.8 Å². The Morgan fingerprint density at radius 3 is 2.00 bits per heavy atom. The quantitative estimate of drug-likeness (QED) is 0.787. The molecule has 0 radical (unpaired) electrons. The third-order valence-corrected chi connectivity index (χ3v) is 4.87. The molecule has 2 rings (SSSR count). The van der Waals surface area contributed by atoms with Gasteiger partial charge in [-0.25, -0.2) is 0 Å². The maximum absolute atomic E-state index is 11.1. The lowest BCUT2D eigenvalue weighted by atomic mass is 9.78. The molecule has 6 heteroatoms. The first-order valence-corrected chi connectivity index (χ1v) is 9.08. The van der Waals surface area contributed by atoms with Gasteiger partial charge in [-0.2, -0.15) is 0 Å². The summed E-state index contributed by atoms with van der Waals surface area (Å²) in [5.74, 6) is 0.342. The standard InChI is InChI=1S/C18H24N2O2S2/c1-17(2,3)11-7-10(8-12(15(11)22)18(4,5)6)16-20-19-13(24-16)9-14(21)23/h7-8,22H,9H2,1-6H3,(H,21,23). The molecule has 24 heavy (non-hydrogen) atoms. The number of hydrogen-bond acceptors (Lipinski definition) is 5. The third-order valence-electron chi connectivity index (χ3n) is 3.74. The summed E-state index contributed by atoms with van der Waals surface area (Å²) in [5.41, 5.74) is 2.28. The van der Waals surface area contributed by atoms with Gasteiger partial charge in [0.05, 0.1) is 6.42 Å². The highest BCUT2D eigenvalue weighted by Crippen LogP contribution is 2.42. The van der Waals surface area contributed by atoms with E-state index in [1.807, 2.05) is 12.1 Å². The van der Waals surface area contributed by atoms with Crippen LogP contribution in [0.2, 0.25) is 0 Å². The summed E-state index contributed by atoms with van der Waals surface area (Å²) in [6.07, 6.45) is 0.178. The van der Waals surface area contributed by atoms with E-state index in [2.05, 4.69) is 64.4 Å². The molecule has 0 unspecified atom stereocenters. The predicted octanol–water partition coefficient (Wildman–Crippen LogP) is 4.50. The van der Waals surface area contributed by atoms with Crippen LogP contribution in [0.3, 0.4) is 0 Å². The van der Waals surface area contributed by atoms with Crippen LogP contribution in [-0.4, -0.2) is 20.4 Å². The summed E-state index contributed by atoms with van der Waals surface area (Å²) < 4.78 is 0. The van der Waals surface area contributed by atoms with E-state index in [9.17, 15) is 9.90 Å². The molecule has 1 N–H and O–H groups in total. The number of carbonyl (C=O) groups excluding carboxylic acids is 1. The number of thiol groups is 1. The molecule has 0 aliphatic heterocycles. The Bertz CT molecular complexity index is 733. The Morgan fingerprint density at radius 1 is 1.08 bits per heavy atom. The van der Waals surface area contributed by atoms with Crippen molar-refractivity contribution in [1.29, 1.82) is 0 Å². The van der Waals surface area contributed by atoms with E-state index in [-0.39, 0.29) is 22.4 Å². The zero-order chi connectivity index (χ0) is 18.3. The van der Waals surface area contributed by atoms with Crippen LogP contribution >= 0.6 is 24.0 Å². The second-order valence-corrected chi connectivity index (χ2v) is 9.55. The highest BCUT2D eigenvalue weighted by atomic mass is 32.1. The fraction of sp³-hybridized carbons (Fsp3) is 0.500. The lowest BCUT2D eigenvalue weighted by Crippen LogP contribution is -2.17. The number of aromatic hydroxyl groups is 1. The van der Waals surface area contributed by atoms with Gasteiger partial charge >= 0.3 is 0 Å². The SMILES string of the molecule is CC(C)(C)c1cc(-c2nnc(CC(=O)S)s2)cc(C(C)(C)C)c1O. The number of rotatable bonds is 3. The second-order valence-electron chi connectivity index (χ2n) is 7.99. The fourth-order valence-corrected chi connectivity index (χ4v) is 3.55. The van der Waals surface area contributed by atoms with Gasteiger partial charge in [-0.3, -0.25) is 4.79 Å². The topological polar surface area (TPSA) is 63.1 Å². The molecule has 0 saturated carbocycles. The summed E-state index contributed by atoms with van der Waals surface area (Å²) in [7, 11) is 0. The molecule has 0 spiro atoms. The van der Waals surface area contributed by atoms with Gasteiger partial charge in [0.2, 0.25) is 0 Å². The van der Waals surface area contributed by atoms with Gasteiger partial charge in [0.25, 0.3) is 0 Å². The number of nitrogens with zero attached hydrogens (tertiary/aromatic N) is 2. The van der Waals surface area contributed by atoms with Crippen molar-refractivity contribution >= 4 is 29.1 Å². The first kappa shape index (κ1) is 18.9. The summed E-state index contributed by atoms with van der Waals surface area (Å²) in [5, 5.41) is 20.2. The number of carbonyl (C=O) groups is 1. The van der Waals surface area contributed by atoms with Gasteiger partial charge in [-0.05, 0) is 23.0 Å². The van der Waals surface area contributed by atoms with E-state index < -0.39 is 0 Å². The predicted molar refractivity (Wildman–Crippen MR) is 102 cm³/mol. The molecule has 2 aromatic rings. The van der Waals surface area contributed by atoms with Crippen molar-refractivity contribution in [2.75, 3.05) is 0 Å². The van der Waals surface area contributed by atoms with Crippen LogP contribution in [0.15, 0.2) is 12.1 Å². The molecular weight excluding hydrogens is 340 g/mol. The molecule has 0 atom stereocenters. The Labute approximate surface area is 152 Å². The fourth-order valence-electron chi connectivity index (χ4n) is 2.47. The van der Waals surface area contributed by atoms with Gasteiger partial charge < -0.3 is 5.11 Å². The van der Waals surface area contributed by atoms with Crippen molar-refractivity contribution in [3.63, 3.8) is 0 Å². The molecule has 1 aromatic heterocycles. The van der Waals surface area contributed by atoms with Crippen LogP contribution in [0.25, 0.3) is 10.6 Å². The molecule has 0 aliphatic rings. The zero-order valence-corrected chi connectivity index (χ0v) is 16.7. The average Bonchev–Trinajstić information content (AvgIpc) is 2.83. The van der Waals surface area contributed by atoms with Crippen LogP contribution in [0.4, 0.5) is 0 Å². The Morgan fingerprint density at radius 2 is 1.58 bits per heavy atom. The highest BCUT2D eigenvalue weighted by molar-refractivity contribution is 7.96. The summed E-state index contributed by atoms with van der Waals surface area (Å²) in [6.45, 7) is 12.4. The normalized spacial score (nSPS) is 12.5. The first-order chi connectivity index (χ1) is 10.9. The number of phenols is 1. The van der Waals surface area contributed by atoms with Gasteiger partial charge in [0.1, 0.15) is 15.8 Å². The lowest BCUT2D eigenvalue weighted by Gasteiger charge is -2.27. The Hall–Kier alpha value is -1.40. The smallest absolute Gasteiger partial charge is 0.192 e. The number of aromatic nitrogens is 2. The van der Waals surface area contributed by atoms with Crippen molar-refractivity contribution in [1.82, 2.24) is 10.2 Å². The van der Waals surface area contributed by atoms with Crippen LogP contribution in [0, 0.1) is 0 Å². The lowest BCUT2D eigenvalue weighted by molar-refractivity contribution is -0.110. The van der Waals surface area contributed by atoms with Crippen LogP contribution < -0.4 is 0 Å².